The maximum atomic E-state index is 13.2. The molecule has 1 atom stereocenters. The van der Waals surface area contributed by atoms with Crippen LogP contribution in [0.5, 0.6) is 0 Å². The van der Waals surface area contributed by atoms with Crippen molar-refractivity contribution in [3.8, 4) is 11.5 Å². The Hall–Kier alpha value is -4.73. The number of pyridine rings is 1. The minimum absolute atomic E-state index is 0.212. The lowest BCUT2D eigenvalue weighted by Crippen LogP contribution is -2.36. The summed E-state index contributed by atoms with van der Waals surface area (Å²) in [5.41, 5.74) is 3.39. The second kappa shape index (κ2) is 9.14. The van der Waals surface area contributed by atoms with Crippen molar-refractivity contribution >= 4 is 22.5 Å². The van der Waals surface area contributed by atoms with Gasteiger partial charge in [0.05, 0.1) is 25.0 Å². The van der Waals surface area contributed by atoms with Crippen LogP contribution in [0.15, 0.2) is 76.5 Å². The number of aromatic nitrogens is 5. The average Bonchev–Trinajstić information content (AvgIpc) is 3.65. The van der Waals surface area contributed by atoms with E-state index in [1.807, 2.05) is 42.5 Å². The number of oxazole rings is 1. The fourth-order valence-electron chi connectivity index (χ4n) is 4.49. The van der Waals surface area contributed by atoms with Crippen LogP contribution in [-0.2, 0) is 24.3 Å². The van der Waals surface area contributed by atoms with Gasteiger partial charge in [0, 0.05) is 41.0 Å². The zero-order chi connectivity index (χ0) is 24.5. The topological polar surface area (TPSA) is 131 Å². The second-order valence-corrected chi connectivity index (χ2v) is 8.66. The molecule has 10 nitrogen and oxygen atoms in total. The van der Waals surface area contributed by atoms with Crippen LogP contribution in [-0.4, -0.2) is 30.4 Å². The number of nitrogens with one attached hydrogen (secondary N) is 3. The second-order valence-electron chi connectivity index (χ2n) is 8.66. The van der Waals surface area contributed by atoms with E-state index in [1.54, 1.807) is 18.7 Å². The molecule has 5 heterocycles. The maximum Gasteiger partial charge on any atom is 0.277 e. The highest BCUT2D eigenvalue weighted by Crippen LogP contribution is 2.24. The molecule has 1 aliphatic heterocycles. The fraction of sp³-hybridized carbons (Fsp3) is 0.192. The number of rotatable bonds is 7. The Morgan fingerprint density at radius 2 is 2.06 bits per heavy atom. The highest BCUT2D eigenvalue weighted by molar-refractivity contribution is 5.82. The zero-order valence-electron chi connectivity index (χ0n) is 19.3. The van der Waals surface area contributed by atoms with Crippen LogP contribution >= 0.6 is 0 Å². The molecule has 1 amide bonds. The number of carbonyl (C=O) groups is 1. The maximum absolute atomic E-state index is 13.2. The Kier molecular flexibility index (Phi) is 5.53. The summed E-state index contributed by atoms with van der Waals surface area (Å²) in [6, 6.07) is 12.8. The summed E-state index contributed by atoms with van der Waals surface area (Å²) >= 11 is 0. The van der Waals surface area contributed by atoms with Crippen molar-refractivity contribution in [3.63, 3.8) is 0 Å². The van der Waals surface area contributed by atoms with Crippen LogP contribution < -0.4 is 16.2 Å². The number of H-pyrrole nitrogens is 1. The molecule has 0 radical (unpaired) electrons. The molecule has 0 saturated heterocycles. The molecule has 180 valence electrons. The number of aromatic amines is 1. The predicted molar refractivity (Wildman–Crippen MR) is 133 cm³/mol. The number of fused-ring (bicyclic) bond motifs is 2. The van der Waals surface area contributed by atoms with E-state index in [2.05, 4.69) is 30.6 Å². The number of hydrogen-bond acceptors (Lipinski definition) is 7. The smallest absolute Gasteiger partial charge is 0.277 e. The van der Waals surface area contributed by atoms with Crippen LogP contribution in [0.4, 0.5) is 5.69 Å². The van der Waals surface area contributed by atoms with Gasteiger partial charge in [0.2, 0.25) is 11.8 Å². The summed E-state index contributed by atoms with van der Waals surface area (Å²) in [5.74, 6) is 0.907. The Morgan fingerprint density at radius 3 is 2.92 bits per heavy atom. The number of amides is 1. The van der Waals surface area contributed by atoms with Gasteiger partial charge in [-0.05, 0) is 30.7 Å². The molecule has 0 unspecified atom stereocenters. The Labute approximate surface area is 205 Å². The summed E-state index contributed by atoms with van der Waals surface area (Å²) in [6.07, 6.45) is 7.65. The van der Waals surface area contributed by atoms with Gasteiger partial charge in [-0.15, -0.1) is 0 Å². The number of carbonyl (C=O) groups excluding carboxylic acids is 1. The molecular weight excluding hydrogens is 458 g/mol. The van der Waals surface area contributed by atoms with E-state index < -0.39 is 6.04 Å². The van der Waals surface area contributed by atoms with Gasteiger partial charge in [0.1, 0.15) is 23.8 Å². The Bertz CT molecular complexity index is 1570. The molecule has 4 aromatic heterocycles. The molecular formula is C26H23N7O3. The van der Waals surface area contributed by atoms with Gasteiger partial charge in [-0.1, -0.05) is 18.2 Å². The van der Waals surface area contributed by atoms with Gasteiger partial charge in [0.25, 0.3) is 5.56 Å². The SMILES string of the molecule is O=C(NCc1cc2cnccc2[nH]1)[C@@H]1CCc2ncc(NCc3coc(-c4ccccc4)n3)c(=O)n21. The van der Waals surface area contributed by atoms with Crippen molar-refractivity contribution in [2.24, 2.45) is 0 Å². The first-order valence-electron chi connectivity index (χ1n) is 11.7. The summed E-state index contributed by atoms with van der Waals surface area (Å²) < 4.78 is 7.06. The summed E-state index contributed by atoms with van der Waals surface area (Å²) in [7, 11) is 0. The zero-order valence-corrected chi connectivity index (χ0v) is 19.3. The van der Waals surface area contributed by atoms with E-state index in [0.29, 0.717) is 49.0 Å². The monoisotopic (exact) mass is 481 g/mol. The molecule has 5 aromatic rings. The van der Waals surface area contributed by atoms with E-state index in [9.17, 15) is 9.59 Å². The van der Waals surface area contributed by atoms with E-state index in [1.165, 1.54) is 10.8 Å². The first kappa shape index (κ1) is 21.8. The van der Waals surface area contributed by atoms with E-state index in [0.717, 1.165) is 22.2 Å². The molecule has 0 fully saturated rings. The quantitative estimate of drug-likeness (QED) is 0.325. The lowest BCUT2D eigenvalue weighted by Gasteiger charge is -2.15. The van der Waals surface area contributed by atoms with E-state index in [-0.39, 0.29) is 11.5 Å². The molecule has 0 spiro atoms. The summed E-state index contributed by atoms with van der Waals surface area (Å²) in [6.45, 7) is 0.619. The summed E-state index contributed by atoms with van der Waals surface area (Å²) in [5, 5.41) is 7.02. The minimum Gasteiger partial charge on any atom is -0.444 e. The van der Waals surface area contributed by atoms with Gasteiger partial charge in [-0.2, -0.15) is 0 Å². The number of aryl methyl sites for hydroxylation is 1. The van der Waals surface area contributed by atoms with Gasteiger partial charge >= 0.3 is 0 Å². The normalized spacial score (nSPS) is 14.6. The van der Waals surface area contributed by atoms with E-state index in [4.69, 9.17) is 4.42 Å². The van der Waals surface area contributed by atoms with Crippen LogP contribution in [0, 0.1) is 0 Å². The lowest BCUT2D eigenvalue weighted by atomic mass is 10.2. The molecule has 36 heavy (non-hydrogen) atoms. The third kappa shape index (κ3) is 4.13. The van der Waals surface area contributed by atoms with Gasteiger partial charge in [-0.3, -0.25) is 19.1 Å². The average molecular weight is 482 g/mol. The largest absolute Gasteiger partial charge is 0.444 e. The van der Waals surface area contributed by atoms with Gasteiger partial charge in [-0.25, -0.2) is 9.97 Å². The van der Waals surface area contributed by atoms with Crippen molar-refractivity contribution in [2.45, 2.75) is 32.0 Å². The van der Waals surface area contributed by atoms with Gasteiger partial charge in [0.15, 0.2) is 0 Å². The molecule has 3 N–H and O–H groups in total. The number of anilines is 1. The van der Waals surface area contributed by atoms with Crippen molar-refractivity contribution in [2.75, 3.05) is 5.32 Å². The molecule has 1 aliphatic rings. The van der Waals surface area contributed by atoms with Crippen LogP contribution in [0.1, 0.15) is 29.7 Å². The molecule has 10 heteroatoms. The van der Waals surface area contributed by atoms with Crippen LogP contribution in [0.3, 0.4) is 0 Å². The molecule has 0 aliphatic carbocycles. The summed E-state index contributed by atoms with van der Waals surface area (Å²) in [4.78, 5) is 42.5. The standard InChI is InChI=1S/C26H23N7O3/c34-24(30-12-18-10-17-11-27-9-8-20(17)31-18)22-6-7-23-29-14-21(26(35)33(22)23)28-13-19-15-36-25(32-19)16-4-2-1-3-5-16/h1-5,8-11,14-15,22,28,31H,6-7,12-13H2,(H,30,34)/t22-/m0/s1. The molecule has 1 aromatic carbocycles. The van der Waals surface area contributed by atoms with Crippen molar-refractivity contribution in [1.29, 1.82) is 0 Å². The predicted octanol–water partition coefficient (Wildman–Crippen LogP) is 3.19. The first-order chi connectivity index (χ1) is 17.7. The third-order valence-electron chi connectivity index (χ3n) is 6.29. The number of hydrogen-bond donors (Lipinski definition) is 3. The number of nitrogens with zero attached hydrogens (tertiary/aromatic N) is 4. The van der Waals surface area contributed by atoms with Crippen LogP contribution in [0.25, 0.3) is 22.4 Å². The number of benzene rings is 1. The van der Waals surface area contributed by atoms with Crippen molar-refractivity contribution in [3.05, 3.63) is 94.9 Å². The Morgan fingerprint density at radius 1 is 1.17 bits per heavy atom. The lowest BCUT2D eigenvalue weighted by molar-refractivity contribution is -0.124. The molecule has 6 rings (SSSR count). The highest BCUT2D eigenvalue weighted by Gasteiger charge is 2.31. The van der Waals surface area contributed by atoms with Gasteiger partial charge < -0.3 is 20.0 Å². The van der Waals surface area contributed by atoms with Crippen molar-refractivity contribution < 1.29 is 9.21 Å². The van der Waals surface area contributed by atoms with E-state index >= 15 is 0 Å². The fourth-order valence-corrected chi connectivity index (χ4v) is 4.49. The van der Waals surface area contributed by atoms with Crippen LogP contribution in [0.2, 0.25) is 0 Å². The highest BCUT2D eigenvalue weighted by atomic mass is 16.3. The minimum atomic E-state index is -0.607. The molecule has 0 saturated carbocycles. The first-order valence-corrected chi connectivity index (χ1v) is 11.7. The third-order valence-corrected chi connectivity index (χ3v) is 6.29. The Balaban J connectivity index is 1.14. The van der Waals surface area contributed by atoms with Crippen molar-refractivity contribution in [1.82, 2.24) is 29.8 Å². The molecule has 0 bridgehead atoms.